The van der Waals surface area contributed by atoms with Crippen molar-refractivity contribution >= 4 is 18.5 Å². The average molecular weight is 406 g/mol. The SMILES string of the molecule is C=c1[nH]n(-c2ccccc2)c(=O)/c1=C\Nc1cc(C(C)(C)C)cc(C(C)(C)C)c1O. The zero-order chi connectivity index (χ0) is 22.3. The van der Waals surface area contributed by atoms with Crippen LogP contribution in [-0.2, 0) is 10.8 Å². The summed E-state index contributed by atoms with van der Waals surface area (Å²) in [6, 6.07) is 13.3. The lowest BCUT2D eigenvalue weighted by molar-refractivity contribution is 0.447. The van der Waals surface area contributed by atoms with Gasteiger partial charge in [0.15, 0.2) is 0 Å². The quantitative estimate of drug-likeness (QED) is 0.582. The third-order valence-corrected chi connectivity index (χ3v) is 5.18. The lowest BCUT2D eigenvalue weighted by Gasteiger charge is -2.27. The second-order valence-electron chi connectivity index (χ2n) is 9.69. The summed E-state index contributed by atoms with van der Waals surface area (Å²) in [6.07, 6.45) is 1.61. The van der Waals surface area contributed by atoms with Gasteiger partial charge < -0.3 is 10.4 Å². The minimum absolute atomic E-state index is 0.0876. The van der Waals surface area contributed by atoms with E-state index in [0.29, 0.717) is 16.3 Å². The lowest BCUT2D eigenvalue weighted by Crippen LogP contribution is -2.34. The molecule has 0 aliphatic rings. The second kappa shape index (κ2) is 7.56. The Kier molecular flexibility index (Phi) is 5.42. The van der Waals surface area contributed by atoms with Gasteiger partial charge in [0.25, 0.3) is 5.56 Å². The summed E-state index contributed by atoms with van der Waals surface area (Å²) < 4.78 is 1.46. The van der Waals surface area contributed by atoms with Crippen molar-refractivity contribution < 1.29 is 5.11 Å². The van der Waals surface area contributed by atoms with Crippen LogP contribution in [0.5, 0.6) is 5.75 Å². The molecular formula is C25H31N3O2. The molecule has 1 heterocycles. The minimum Gasteiger partial charge on any atom is -0.505 e. The standard InChI is InChI=1S/C25H31N3O2/c1-16-19(23(30)28(27-16)18-11-9-8-10-12-18)15-26-21-14-17(24(2,3)4)13-20(22(21)29)25(5,6)7/h8-15,26-27,29H,1H2,2-7H3/b19-15-. The zero-order valence-corrected chi connectivity index (χ0v) is 18.6. The molecule has 30 heavy (non-hydrogen) atoms. The van der Waals surface area contributed by atoms with E-state index in [1.54, 1.807) is 6.20 Å². The third kappa shape index (κ3) is 4.20. The number of phenols is 1. The minimum atomic E-state index is -0.229. The van der Waals surface area contributed by atoms with Gasteiger partial charge in [0.05, 0.1) is 21.9 Å². The molecule has 2 aromatic carbocycles. The number of para-hydroxylation sites is 1. The van der Waals surface area contributed by atoms with Gasteiger partial charge in [0, 0.05) is 11.8 Å². The molecule has 0 aliphatic carbocycles. The van der Waals surface area contributed by atoms with E-state index in [9.17, 15) is 9.90 Å². The van der Waals surface area contributed by atoms with Gasteiger partial charge >= 0.3 is 0 Å². The van der Waals surface area contributed by atoms with Crippen LogP contribution in [0.4, 0.5) is 5.69 Å². The Morgan fingerprint density at radius 2 is 1.67 bits per heavy atom. The van der Waals surface area contributed by atoms with E-state index >= 15 is 0 Å². The molecule has 1 aromatic heterocycles. The third-order valence-electron chi connectivity index (χ3n) is 5.18. The molecule has 5 nitrogen and oxygen atoms in total. The maximum absolute atomic E-state index is 12.9. The monoisotopic (exact) mass is 405 g/mol. The second-order valence-corrected chi connectivity index (χ2v) is 9.69. The van der Waals surface area contributed by atoms with E-state index in [2.05, 4.69) is 64.6 Å². The fraction of sp³-hybridized carbons (Fsp3) is 0.320. The van der Waals surface area contributed by atoms with E-state index in [1.807, 2.05) is 36.4 Å². The van der Waals surface area contributed by atoms with E-state index in [-0.39, 0.29) is 22.1 Å². The van der Waals surface area contributed by atoms with Crippen LogP contribution in [0.2, 0.25) is 0 Å². The summed E-state index contributed by atoms with van der Waals surface area (Å²) in [6.45, 7) is 16.6. The van der Waals surface area contributed by atoms with Gasteiger partial charge in [-0.05, 0) is 34.6 Å². The van der Waals surface area contributed by atoms with Crippen LogP contribution in [0.1, 0.15) is 52.7 Å². The summed E-state index contributed by atoms with van der Waals surface area (Å²) in [5, 5.41) is 18.0. The summed E-state index contributed by atoms with van der Waals surface area (Å²) in [4.78, 5) is 12.9. The van der Waals surface area contributed by atoms with Gasteiger partial charge in [-0.15, -0.1) is 0 Å². The highest BCUT2D eigenvalue weighted by atomic mass is 16.3. The number of phenolic OH excluding ortho intramolecular Hbond substituents is 1. The Morgan fingerprint density at radius 1 is 1.03 bits per heavy atom. The normalized spacial score (nSPS) is 12.9. The Hall–Kier alpha value is -3.21. The largest absolute Gasteiger partial charge is 0.505 e. The lowest BCUT2D eigenvalue weighted by atomic mass is 9.79. The molecule has 158 valence electrons. The maximum Gasteiger partial charge on any atom is 0.280 e. The number of benzene rings is 2. The molecule has 0 radical (unpaired) electrons. The summed E-state index contributed by atoms with van der Waals surface area (Å²) >= 11 is 0. The van der Waals surface area contributed by atoms with Crippen LogP contribution >= 0.6 is 0 Å². The number of aromatic amines is 1. The predicted molar refractivity (Wildman–Crippen MR) is 125 cm³/mol. The van der Waals surface area contributed by atoms with Crippen LogP contribution in [0.15, 0.2) is 47.3 Å². The van der Waals surface area contributed by atoms with Gasteiger partial charge in [-0.3, -0.25) is 9.89 Å². The fourth-order valence-corrected chi connectivity index (χ4v) is 3.30. The first kappa shape index (κ1) is 21.5. The molecule has 0 unspecified atom stereocenters. The predicted octanol–water partition coefficient (Wildman–Crippen LogP) is 3.73. The molecule has 0 spiro atoms. The summed E-state index contributed by atoms with van der Waals surface area (Å²) in [5.41, 5.74) is 2.74. The number of nitrogens with zero attached hydrogens (tertiary/aromatic N) is 1. The van der Waals surface area contributed by atoms with Gasteiger partial charge in [0.1, 0.15) is 5.75 Å². The van der Waals surface area contributed by atoms with Crippen molar-refractivity contribution in [1.29, 1.82) is 0 Å². The topological polar surface area (TPSA) is 70.0 Å². The van der Waals surface area contributed by atoms with Gasteiger partial charge in [0.2, 0.25) is 0 Å². The number of aromatic nitrogens is 2. The number of H-pyrrole nitrogens is 1. The Labute approximate surface area is 177 Å². The molecule has 3 aromatic rings. The van der Waals surface area contributed by atoms with Gasteiger partial charge in [-0.25, -0.2) is 4.68 Å². The Morgan fingerprint density at radius 3 is 2.23 bits per heavy atom. The van der Waals surface area contributed by atoms with Crippen molar-refractivity contribution in [3.05, 3.63) is 74.5 Å². The number of aromatic hydroxyl groups is 1. The number of hydrogen-bond acceptors (Lipinski definition) is 3. The number of hydrogen-bond donors (Lipinski definition) is 3. The first-order chi connectivity index (χ1) is 13.9. The van der Waals surface area contributed by atoms with E-state index in [1.165, 1.54) is 4.68 Å². The van der Waals surface area contributed by atoms with Gasteiger partial charge in [-0.1, -0.05) is 72.4 Å². The first-order valence-electron chi connectivity index (χ1n) is 10.1. The van der Waals surface area contributed by atoms with E-state index < -0.39 is 0 Å². The highest BCUT2D eigenvalue weighted by Crippen LogP contribution is 2.40. The Bertz CT molecular complexity index is 1220. The maximum atomic E-state index is 12.9. The molecule has 3 N–H and O–H groups in total. The van der Waals surface area contributed by atoms with Crippen molar-refractivity contribution in [2.45, 2.75) is 52.4 Å². The zero-order valence-electron chi connectivity index (χ0n) is 18.6. The van der Waals surface area contributed by atoms with Crippen molar-refractivity contribution in [2.75, 3.05) is 5.32 Å². The molecule has 0 bridgehead atoms. The van der Waals surface area contributed by atoms with Crippen LogP contribution in [0.25, 0.3) is 18.5 Å². The fourth-order valence-electron chi connectivity index (χ4n) is 3.30. The molecule has 0 amide bonds. The van der Waals surface area contributed by atoms with E-state index in [0.717, 1.165) is 16.8 Å². The van der Waals surface area contributed by atoms with E-state index in [4.69, 9.17) is 0 Å². The Balaban J connectivity index is 2.12. The molecule has 0 fully saturated rings. The van der Waals surface area contributed by atoms with Crippen molar-refractivity contribution in [2.24, 2.45) is 0 Å². The molecular weight excluding hydrogens is 374 g/mol. The molecule has 0 saturated carbocycles. The summed E-state index contributed by atoms with van der Waals surface area (Å²) in [7, 11) is 0. The van der Waals surface area contributed by atoms with Crippen molar-refractivity contribution in [1.82, 2.24) is 9.78 Å². The molecule has 0 atom stereocenters. The number of nitrogens with one attached hydrogen (secondary N) is 2. The van der Waals surface area contributed by atoms with Crippen LogP contribution in [0.3, 0.4) is 0 Å². The van der Waals surface area contributed by atoms with Crippen LogP contribution in [-0.4, -0.2) is 14.9 Å². The van der Waals surface area contributed by atoms with Crippen LogP contribution in [0, 0.1) is 0 Å². The van der Waals surface area contributed by atoms with Gasteiger partial charge in [-0.2, -0.15) is 0 Å². The molecule has 0 saturated heterocycles. The smallest absolute Gasteiger partial charge is 0.280 e. The number of anilines is 1. The van der Waals surface area contributed by atoms with Crippen molar-refractivity contribution in [3.63, 3.8) is 0 Å². The molecule has 5 heteroatoms. The van der Waals surface area contributed by atoms with Crippen molar-refractivity contribution in [3.8, 4) is 11.4 Å². The average Bonchev–Trinajstić information content (AvgIpc) is 2.93. The highest BCUT2D eigenvalue weighted by molar-refractivity contribution is 5.68. The first-order valence-corrected chi connectivity index (χ1v) is 10.1. The highest BCUT2D eigenvalue weighted by Gasteiger charge is 2.24. The molecule has 3 rings (SSSR count). The summed E-state index contributed by atoms with van der Waals surface area (Å²) in [5.74, 6) is 0.191. The number of rotatable bonds is 3. The van der Waals surface area contributed by atoms with Crippen LogP contribution < -0.4 is 21.4 Å². The molecule has 0 aliphatic heterocycles.